The molecule has 1 amide bonds. The maximum absolute atomic E-state index is 12.0. The second kappa shape index (κ2) is 9.00. The van der Waals surface area contributed by atoms with Crippen LogP contribution in [0.5, 0.6) is 0 Å². The maximum atomic E-state index is 12.0. The van der Waals surface area contributed by atoms with Crippen LogP contribution < -0.4 is 5.32 Å². The zero-order chi connectivity index (χ0) is 21.6. The van der Waals surface area contributed by atoms with Gasteiger partial charge in [0.15, 0.2) is 0 Å². The molecule has 1 N–H and O–H groups in total. The van der Waals surface area contributed by atoms with Gasteiger partial charge in [-0.15, -0.1) is 0 Å². The molecule has 10 nitrogen and oxygen atoms in total. The molecule has 0 saturated heterocycles. The summed E-state index contributed by atoms with van der Waals surface area (Å²) in [5.41, 5.74) is -0.0412. The van der Waals surface area contributed by atoms with E-state index in [2.05, 4.69) is 15.0 Å². The monoisotopic (exact) mass is 402 g/mol. The lowest BCUT2D eigenvalue weighted by Crippen LogP contribution is -2.34. The summed E-state index contributed by atoms with van der Waals surface area (Å²) < 4.78 is 11.4. The molecule has 2 rings (SSSR count). The summed E-state index contributed by atoms with van der Waals surface area (Å²) in [6.45, 7) is 5.29. The highest BCUT2D eigenvalue weighted by molar-refractivity contribution is 5.96. The third-order valence-corrected chi connectivity index (χ3v) is 3.53. The molecule has 2 aromatic rings. The number of methoxy groups -OCH3 is 1. The fourth-order valence-corrected chi connectivity index (χ4v) is 2.38. The van der Waals surface area contributed by atoms with Crippen molar-refractivity contribution in [2.45, 2.75) is 32.9 Å². The molecular formula is C19H22N4O6. The number of nitrogens with zero attached hydrogens (tertiary/aromatic N) is 3. The van der Waals surface area contributed by atoms with E-state index < -0.39 is 22.6 Å². The number of amides is 1. The molecular weight excluding hydrogens is 380 g/mol. The van der Waals surface area contributed by atoms with E-state index in [0.29, 0.717) is 11.3 Å². The number of carbonyl (C=O) groups excluding carboxylic acids is 2. The number of benzene rings is 1. The van der Waals surface area contributed by atoms with Crippen LogP contribution in [0.1, 0.15) is 32.0 Å². The molecule has 0 aliphatic heterocycles. The lowest BCUT2D eigenvalue weighted by molar-refractivity contribution is -0.385. The first-order chi connectivity index (χ1) is 13.6. The zero-order valence-corrected chi connectivity index (χ0v) is 16.5. The van der Waals surface area contributed by atoms with Gasteiger partial charge in [0.25, 0.3) is 5.69 Å². The number of aromatic nitrogens is 2. The van der Waals surface area contributed by atoms with E-state index in [1.54, 1.807) is 49.7 Å². The Balaban J connectivity index is 2.21. The van der Waals surface area contributed by atoms with Gasteiger partial charge in [-0.05, 0) is 26.8 Å². The number of hydrogen-bond donors (Lipinski definition) is 1. The van der Waals surface area contributed by atoms with Gasteiger partial charge in [0, 0.05) is 17.8 Å². The molecule has 29 heavy (non-hydrogen) atoms. The van der Waals surface area contributed by atoms with Crippen LogP contribution in [0.15, 0.2) is 42.5 Å². The molecule has 0 saturated carbocycles. The zero-order valence-electron chi connectivity index (χ0n) is 16.5. The van der Waals surface area contributed by atoms with Crippen molar-refractivity contribution in [3.05, 3.63) is 63.9 Å². The number of nitro groups is 1. The molecule has 0 spiro atoms. The number of nitro benzene ring substituents is 1. The predicted molar refractivity (Wildman–Crippen MR) is 104 cm³/mol. The van der Waals surface area contributed by atoms with E-state index in [4.69, 9.17) is 4.74 Å². The van der Waals surface area contributed by atoms with Crippen LogP contribution in [-0.2, 0) is 20.8 Å². The summed E-state index contributed by atoms with van der Waals surface area (Å²) in [7, 11) is 1.18. The number of imidazole rings is 1. The second-order valence-corrected chi connectivity index (χ2v) is 7.03. The van der Waals surface area contributed by atoms with Crippen LogP contribution in [0, 0.1) is 10.1 Å². The van der Waals surface area contributed by atoms with E-state index in [1.165, 1.54) is 25.6 Å². The second-order valence-electron chi connectivity index (χ2n) is 7.03. The van der Waals surface area contributed by atoms with Crippen molar-refractivity contribution in [3.63, 3.8) is 0 Å². The number of carbonyl (C=O) groups is 2. The predicted octanol–water partition coefficient (Wildman–Crippen LogP) is 2.88. The highest BCUT2D eigenvalue weighted by atomic mass is 16.6. The van der Waals surface area contributed by atoms with Crippen LogP contribution >= 0.6 is 0 Å². The van der Waals surface area contributed by atoms with E-state index in [0.717, 1.165) is 0 Å². The largest absolute Gasteiger partial charge is 0.464 e. The quantitative estimate of drug-likeness (QED) is 0.341. The van der Waals surface area contributed by atoms with Gasteiger partial charge in [0.2, 0.25) is 0 Å². The summed E-state index contributed by atoms with van der Waals surface area (Å²) in [4.78, 5) is 38.8. The van der Waals surface area contributed by atoms with Gasteiger partial charge in [-0.25, -0.2) is 14.6 Å². The average molecular weight is 402 g/mol. The van der Waals surface area contributed by atoms with Crippen molar-refractivity contribution in [1.82, 2.24) is 14.9 Å². The standard InChI is InChI=1S/C19H22N4O6/c1-19(2,3)29-18(25)21-15(17(24)28-4)9-14-11-22(12-20-14)10-13-7-5-6-8-16(13)23(26)27/h5-9,11-12H,10H2,1-4H3,(H,21,25)/b15-9-. The van der Waals surface area contributed by atoms with Crippen molar-refractivity contribution in [2.75, 3.05) is 7.11 Å². The van der Waals surface area contributed by atoms with Gasteiger partial charge in [0.1, 0.15) is 11.3 Å². The van der Waals surface area contributed by atoms with E-state index in [9.17, 15) is 19.7 Å². The van der Waals surface area contributed by atoms with Crippen LogP contribution in [0.2, 0.25) is 0 Å². The van der Waals surface area contributed by atoms with Crippen LogP contribution in [0.3, 0.4) is 0 Å². The molecule has 0 unspecified atom stereocenters. The van der Waals surface area contributed by atoms with E-state index in [-0.39, 0.29) is 17.9 Å². The van der Waals surface area contributed by atoms with Crippen LogP contribution in [-0.4, -0.2) is 39.2 Å². The first-order valence-electron chi connectivity index (χ1n) is 8.63. The van der Waals surface area contributed by atoms with E-state index >= 15 is 0 Å². The molecule has 0 fully saturated rings. The summed E-state index contributed by atoms with van der Waals surface area (Å²) in [6, 6.07) is 6.37. The summed E-state index contributed by atoms with van der Waals surface area (Å²) in [5, 5.41) is 13.5. The topological polar surface area (TPSA) is 126 Å². The average Bonchev–Trinajstić information content (AvgIpc) is 3.06. The Labute approximate surface area is 167 Å². The Bertz CT molecular complexity index is 942. The molecule has 0 bridgehead atoms. The van der Waals surface area contributed by atoms with Crippen molar-refractivity contribution >= 4 is 23.8 Å². The minimum atomic E-state index is -0.812. The number of nitrogens with one attached hydrogen (secondary N) is 1. The summed E-state index contributed by atoms with van der Waals surface area (Å²) in [6.07, 6.45) is 3.56. The fraction of sp³-hybridized carbons (Fsp3) is 0.316. The first-order valence-corrected chi connectivity index (χ1v) is 8.63. The Hall–Kier alpha value is -3.69. The number of alkyl carbamates (subject to hydrolysis) is 1. The van der Waals surface area contributed by atoms with Crippen LogP contribution in [0.25, 0.3) is 6.08 Å². The van der Waals surface area contributed by atoms with Gasteiger partial charge in [-0.3, -0.25) is 15.4 Å². The van der Waals surface area contributed by atoms with Crippen LogP contribution in [0.4, 0.5) is 10.5 Å². The molecule has 0 atom stereocenters. The van der Waals surface area contributed by atoms with Crippen molar-refractivity contribution < 1.29 is 24.0 Å². The molecule has 0 radical (unpaired) electrons. The molecule has 1 heterocycles. The molecule has 1 aromatic carbocycles. The third kappa shape index (κ3) is 6.45. The van der Waals surface area contributed by atoms with Gasteiger partial charge in [-0.2, -0.15) is 0 Å². The Kier molecular flexibility index (Phi) is 6.71. The normalized spacial score (nSPS) is 11.7. The van der Waals surface area contributed by atoms with Crippen molar-refractivity contribution in [3.8, 4) is 0 Å². The van der Waals surface area contributed by atoms with Crippen molar-refractivity contribution in [2.24, 2.45) is 0 Å². The van der Waals surface area contributed by atoms with Crippen molar-refractivity contribution in [1.29, 1.82) is 0 Å². The number of para-hydroxylation sites is 1. The Morgan fingerprint density at radius 1 is 1.31 bits per heavy atom. The lowest BCUT2D eigenvalue weighted by Gasteiger charge is -2.19. The SMILES string of the molecule is COC(=O)/C(=C/c1cn(Cc2ccccc2[N+](=O)[O-])cn1)NC(=O)OC(C)(C)C. The Morgan fingerprint density at radius 2 is 2.00 bits per heavy atom. The van der Waals surface area contributed by atoms with E-state index in [1.807, 2.05) is 0 Å². The summed E-state index contributed by atoms with van der Waals surface area (Å²) in [5.74, 6) is -0.774. The molecule has 0 aliphatic rings. The number of rotatable bonds is 6. The molecule has 10 heteroatoms. The number of ether oxygens (including phenoxy) is 2. The lowest BCUT2D eigenvalue weighted by atomic mass is 10.2. The third-order valence-electron chi connectivity index (χ3n) is 3.53. The van der Waals surface area contributed by atoms with Gasteiger partial charge in [-0.1, -0.05) is 18.2 Å². The van der Waals surface area contributed by atoms with Gasteiger partial charge >= 0.3 is 12.1 Å². The molecule has 0 aliphatic carbocycles. The Morgan fingerprint density at radius 3 is 2.62 bits per heavy atom. The maximum Gasteiger partial charge on any atom is 0.412 e. The summed E-state index contributed by atoms with van der Waals surface area (Å²) >= 11 is 0. The highest BCUT2D eigenvalue weighted by Gasteiger charge is 2.20. The highest BCUT2D eigenvalue weighted by Crippen LogP contribution is 2.19. The minimum Gasteiger partial charge on any atom is -0.464 e. The van der Waals surface area contributed by atoms with Gasteiger partial charge in [0.05, 0.1) is 30.6 Å². The smallest absolute Gasteiger partial charge is 0.412 e. The fourth-order valence-electron chi connectivity index (χ4n) is 2.38. The molecule has 1 aromatic heterocycles. The number of esters is 1. The number of hydrogen-bond acceptors (Lipinski definition) is 7. The minimum absolute atomic E-state index is 0.000124. The van der Waals surface area contributed by atoms with Gasteiger partial charge < -0.3 is 14.0 Å². The molecule has 154 valence electrons. The first kappa shape index (κ1) is 21.6.